The van der Waals surface area contributed by atoms with Crippen LogP contribution in [0.2, 0.25) is 0 Å². The van der Waals surface area contributed by atoms with Crippen LogP contribution >= 0.6 is 11.8 Å². The molecule has 0 aromatic heterocycles. The summed E-state index contributed by atoms with van der Waals surface area (Å²) in [4.78, 5) is 3.49. The number of hydrogen-bond acceptors (Lipinski definition) is 2. The number of allylic oxidation sites excluding steroid dienone is 2. The fourth-order valence-corrected chi connectivity index (χ4v) is 0. The van der Waals surface area contributed by atoms with Crippen molar-refractivity contribution < 1.29 is 0 Å². The molecule has 15 heavy (non-hydrogen) atoms. The van der Waals surface area contributed by atoms with E-state index in [0.717, 1.165) is 6.54 Å². The van der Waals surface area contributed by atoms with Gasteiger partial charge in [-0.15, -0.1) is 0 Å². The molecular formula is C13H33NS. The van der Waals surface area contributed by atoms with Crippen LogP contribution in [0.5, 0.6) is 0 Å². The quantitative estimate of drug-likeness (QED) is 0.442. The average molecular weight is 235 g/mol. The Kier molecular flexibility index (Phi) is 193. The van der Waals surface area contributed by atoms with E-state index < -0.39 is 0 Å². The van der Waals surface area contributed by atoms with Gasteiger partial charge in [0, 0.05) is 6.54 Å². The topological polar surface area (TPSA) is 12.4 Å². The molecule has 0 bridgehead atoms. The van der Waals surface area contributed by atoms with Crippen molar-refractivity contribution >= 4 is 18.5 Å². The van der Waals surface area contributed by atoms with Gasteiger partial charge in [-0.1, -0.05) is 39.8 Å². The smallest absolute Gasteiger partial charge is 0.0353 e. The molecule has 0 aliphatic heterocycles. The van der Waals surface area contributed by atoms with Crippen molar-refractivity contribution in [2.24, 2.45) is 4.99 Å². The van der Waals surface area contributed by atoms with Crippen LogP contribution in [0.15, 0.2) is 17.1 Å². The van der Waals surface area contributed by atoms with Crippen LogP contribution < -0.4 is 0 Å². The van der Waals surface area contributed by atoms with Crippen LogP contribution in [-0.2, 0) is 0 Å². The van der Waals surface area contributed by atoms with Gasteiger partial charge in [-0.05, 0) is 40.0 Å². The van der Waals surface area contributed by atoms with E-state index in [1.807, 2.05) is 73.1 Å². The molecule has 0 atom stereocenters. The van der Waals surface area contributed by atoms with Crippen LogP contribution in [0.25, 0.3) is 0 Å². The molecule has 0 saturated carbocycles. The second-order valence-corrected chi connectivity index (χ2v) is 2.43. The van der Waals surface area contributed by atoms with Gasteiger partial charge in [0.05, 0.1) is 0 Å². The number of hydrogen-bond donors (Lipinski definition) is 0. The van der Waals surface area contributed by atoms with Crippen molar-refractivity contribution in [1.82, 2.24) is 0 Å². The second-order valence-electron chi connectivity index (χ2n) is 1.61. The van der Waals surface area contributed by atoms with Gasteiger partial charge in [0.25, 0.3) is 0 Å². The summed E-state index contributed by atoms with van der Waals surface area (Å²) in [6.45, 7) is 18.0. The van der Waals surface area contributed by atoms with Gasteiger partial charge in [0.15, 0.2) is 0 Å². The third-order valence-electron chi connectivity index (χ3n) is 0.557. The minimum Gasteiger partial charge on any atom is -0.301 e. The Morgan fingerprint density at radius 2 is 1.13 bits per heavy atom. The number of aliphatic imine (C=N–C) groups is 1. The maximum absolute atomic E-state index is 3.49. The highest BCUT2D eigenvalue weighted by Crippen LogP contribution is 1.70. The third kappa shape index (κ3) is 614. The first-order valence-electron chi connectivity index (χ1n) is 5.64. The van der Waals surface area contributed by atoms with Gasteiger partial charge >= 0.3 is 0 Å². The van der Waals surface area contributed by atoms with E-state index in [-0.39, 0.29) is 0 Å². The molecular weight excluding hydrogens is 202 g/mol. The highest BCUT2D eigenvalue weighted by atomic mass is 32.2. The zero-order chi connectivity index (χ0) is 13.5. The Balaban J connectivity index is -0.0000000289. The van der Waals surface area contributed by atoms with Crippen molar-refractivity contribution in [2.45, 2.75) is 48.5 Å². The van der Waals surface area contributed by atoms with Crippen LogP contribution in [0.3, 0.4) is 0 Å². The van der Waals surface area contributed by atoms with E-state index >= 15 is 0 Å². The van der Waals surface area contributed by atoms with Crippen LogP contribution in [0.4, 0.5) is 0 Å². The Bertz CT molecular complexity index is 66.9. The Morgan fingerprint density at radius 3 is 1.13 bits per heavy atom. The number of rotatable bonds is 1. The minimum absolute atomic E-state index is 0.833. The second kappa shape index (κ2) is 98.9. The van der Waals surface area contributed by atoms with E-state index in [4.69, 9.17) is 0 Å². The summed E-state index contributed by atoms with van der Waals surface area (Å²) in [6, 6.07) is 0. The highest BCUT2D eigenvalue weighted by molar-refractivity contribution is 7.97. The summed E-state index contributed by atoms with van der Waals surface area (Å²) in [5.41, 5.74) is 0. The van der Waals surface area contributed by atoms with Crippen LogP contribution in [-0.4, -0.2) is 25.8 Å². The Morgan fingerprint density at radius 1 is 1.00 bits per heavy atom. The SMILES string of the molecule is C/C=C\C.C=NCC.CC.CC.CSC. The van der Waals surface area contributed by atoms with Gasteiger partial charge in [0.1, 0.15) is 0 Å². The summed E-state index contributed by atoms with van der Waals surface area (Å²) in [5.74, 6) is 0. The minimum atomic E-state index is 0.833. The lowest BCUT2D eigenvalue weighted by Crippen LogP contribution is -1.54. The molecule has 96 valence electrons. The first-order chi connectivity index (χ1) is 7.24. The lowest BCUT2D eigenvalue weighted by molar-refractivity contribution is 1.15. The van der Waals surface area contributed by atoms with Gasteiger partial charge in [-0.3, -0.25) is 0 Å². The molecule has 1 nitrogen and oxygen atoms in total. The predicted molar refractivity (Wildman–Crippen MR) is 82.7 cm³/mol. The number of nitrogens with zero attached hydrogens (tertiary/aromatic N) is 1. The van der Waals surface area contributed by atoms with Crippen molar-refractivity contribution in [2.75, 3.05) is 19.1 Å². The Labute approximate surface area is 103 Å². The fourth-order valence-electron chi connectivity index (χ4n) is 0. The molecule has 0 aromatic rings. The summed E-state index contributed by atoms with van der Waals surface area (Å²) in [6.07, 6.45) is 8.08. The van der Waals surface area contributed by atoms with Gasteiger partial charge in [-0.2, -0.15) is 11.8 Å². The third-order valence-corrected chi connectivity index (χ3v) is 0.557. The molecule has 0 N–H and O–H groups in total. The van der Waals surface area contributed by atoms with Crippen molar-refractivity contribution in [3.63, 3.8) is 0 Å². The van der Waals surface area contributed by atoms with Gasteiger partial charge in [0.2, 0.25) is 0 Å². The molecule has 0 saturated heterocycles. The van der Waals surface area contributed by atoms with E-state index in [9.17, 15) is 0 Å². The molecule has 0 unspecified atom stereocenters. The maximum atomic E-state index is 3.49. The zero-order valence-corrected chi connectivity index (χ0v) is 13.2. The molecule has 0 heterocycles. The highest BCUT2D eigenvalue weighted by Gasteiger charge is 1.43. The summed E-state index contributed by atoms with van der Waals surface area (Å²) in [5, 5.41) is 0. The van der Waals surface area contributed by atoms with Gasteiger partial charge in [-0.25, -0.2) is 0 Å². The lowest BCUT2D eigenvalue weighted by Gasteiger charge is -1.61. The van der Waals surface area contributed by atoms with E-state index in [1.165, 1.54) is 0 Å². The molecule has 0 aliphatic rings. The Hall–Kier alpha value is -0.240. The van der Waals surface area contributed by atoms with E-state index in [0.29, 0.717) is 0 Å². The predicted octanol–water partition coefficient (Wildman–Crippen LogP) is 5.32. The first kappa shape index (κ1) is 29.3. The largest absolute Gasteiger partial charge is 0.301 e. The maximum Gasteiger partial charge on any atom is 0.0353 e. The van der Waals surface area contributed by atoms with Crippen molar-refractivity contribution in [1.29, 1.82) is 0 Å². The summed E-state index contributed by atoms with van der Waals surface area (Å²) >= 11 is 1.75. The lowest BCUT2D eigenvalue weighted by atomic mass is 10.6. The summed E-state index contributed by atoms with van der Waals surface area (Å²) < 4.78 is 0. The molecule has 0 aliphatic carbocycles. The molecule has 0 radical (unpaired) electrons. The molecule has 2 heteroatoms. The van der Waals surface area contributed by atoms with E-state index in [1.54, 1.807) is 11.8 Å². The standard InChI is InChI=1S/C4H8.C3H7N.C2H6S.2C2H6/c2*1-3-4-2;1-3-2;2*1-2/h3-4H,1-2H3;2-3H2,1H3;1-2H3;2*1-2H3/b4-3-;;;;. The monoisotopic (exact) mass is 235 g/mol. The molecule has 0 aromatic carbocycles. The van der Waals surface area contributed by atoms with Gasteiger partial charge < -0.3 is 4.99 Å². The number of thioether (sulfide) groups is 1. The van der Waals surface area contributed by atoms with Crippen LogP contribution in [0.1, 0.15) is 48.5 Å². The first-order valence-corrected chi connectivity index (χ1v) is 7.28. The van der Waals surface area contributed by atoms with E-state index in [2.05, 4.69) is 11.7 Å². The molecule has 0 amide bonds. The van der Waals surface area contributed by atoms with Crippen molar-refractivity contribution in [3.8, 4) is 0 Å². The van der Waals surface area contributed by atoms with Crippen molar-refractivity contribution in [3.05, 3.63) is 12.2 Å². The molecule has 0 rings (SSSR count). The molecule has 0 spiro atoms. The summed E-state index contributed by atoms with van der Waals surface area (Å²) in [7, 11) is 0. The molecule has 0 fully saturated rings. The average Bonchev–Trinajstić information content (AvgIpc) is 2.35. The van der Waals surface area contributed by atoms with Crippen LogP contribution in [0, 0.1) is 0 Å². The zero-order valence-electron chi connectivity index (χ0n) is 12.4. The fraction of sp³-hybridized carbons (Fsp3) is 0.769. The normalized spacial score (nSPS) is 6.20.